The molecule has 1 aromatic rings. The number of ether oxygens (including phenoxy) is 1. The van der Waals surface area contributed by atoms with E-state index in [1.54, 1.807) is 0 Å². The average molecular weight is 257 g/mol. The van der Waals surface area contributed by atoms with Gasteiger partial charge in [-0.05, 0) is 43.9 Å². The molecule has 2 nitrogen and oxygen atoms in total. The molecule has 96 valence electrons. The highest BCUT2D eigenvalue weighted by molar-refractivity contribution is 6.17. The molecule has 0 spiro atoms. The topological polar surface area (TPSA) is 29.5 Å². The fourth-order valence-electron chi connectivity index (χ4n) is 1.84. The number of aromatic hydroxyl groups is 1. The summed E-state index contributed by atoms with van der Waals surface area (Å²) in [4.78, 5) is 0. The van der Waals surface area contributed by atoms with E-state index in [-0.39, 0.29) is 0 Å². The summed E-state index contributed by atoms with van der Waals surface area (Å²) in [5.41, 5.74) is 3.60. The maximum absolute atomic E-state index is 9.98. The zero-order valence-corrected chi connectivity index (χ0v) is 11.8. The molecule has 1 rings (SSSR count). The predicted octanol–water partition coefficient (Wildman–Crippen LogP) is 4.24. The standard InChI is InChI=1S/C14H21ClO2/c1-5-6-7-17-14-10(3)9(2)13(16)11(4)12(14)8-15/h16H,5-8H2,1-4H3. The number of alkyl halides is 1. The van der Waals surface area contributed by atoms with Gasteiger partial charge in [0.25, 0.3) is 0 Å². The highest BCUT2D eigenvalue weighted by atomic mass is 35.5. The van der Waals surface area contributed by atoms with Crippen molar-refractivity contribution < 1.29 is 9.84 Å². The molecular weight excluding hydrogens is 236 g/mol. The van der Waals surface area contributed by atoms with Crippen LogP contribution >= 0.6 is 11.6 Å². The molecule has 0 bridgehead atoms. The van der Waals surface area contributed by atoms with Crippen LogP contribution in [0.2, 0.25) is 0 Å². The summed E-state index contributed by atoms with van der Waals surface area (Å²) in [6.07, 6.45) is 2.13. The largest absolute Gasteiger partial charge is 0.507 e. The molecule has 1 N–H and O–H groups in total. The second-order valence-corrected chi connectivity index (χ2v) is 4.63. The van der Waals surface area contributed by atoms with Gasteiger partial charge in [0.15, 0.2) is 0 Å². The van der Waals surface area contributed by atoms with Crippen LogP contribution < -0.4 is 4.74 Å². The number of phenols is 1. The Balaban J connectivity index is 3.17. The maximum Gasteiger partial charge on any atom is 0.127 e. The maximum atomic E-state index is 9.98. The van der Waals surface area contributed by atoms with E-state index in [1.165, 1.54) is 0 Å². The summed E-state index contributed by atoms with van der Waals surface area (Å²) < 4.78 is 5.82. The van der Waals surface area contributed by atoms with Gasteiger partial charge in [-0.15, -0.1) is 11.6 Å². The molecule has 0 heterocycles. The van der Waals surface area contributed by atoms with Gasteiger partial charge in [0, 0.05) is 5.56 Å². The van der Waals surface area contributed by atoms with Crippen molar-refractivity contribution in [3.63, 3.8) is 0 Å². The van der Waals surface area contributed by atoms with E-state index in [2.05, 4.69) is 6.92 Å². The van der Waals surface area contributed by atoms with Gasteiger partial charge in [0.2, 0.25) is 0 Å². The second kappa shape index (κ2) is 6.15. The zero-order chi connectivity index (χ0) is 13.0. The molecule has 17 heavy (non-hydrogen) atoms. The number of hydrogen-bond acceptors (Lipinski definition) is 2. The summed E-state index contributed by atoms with van der Waals surface area (Å²) in [6.45, 7) is 8.58. The third kappa shape index (κ3) is 2.86. The van der Waals surface area contributed by atoms with Gasteiger partial charge in [-0.1, -0.05) is 13.3 Å². The molecule has 0 aliphatic rings. The third-order valence-electron chi connectivity index (χ3n) is 3.22. The van der Waals surface area contributed by atoms with E-state index in [1.807, 2.05) is 20.8 Å². The van der Waals surface area contributed by atoms with Crippen molar-refractivity contribution in [1.29, 1.82) is 0 Å². The first-order valence-corrected chi connectivity index (χ1v) is 6.58. The lowest BCUT2D eigenvalue weighted by atomic mass is 9.98. The van der Waals surface area contributed by atoms with Crippen molar-refractivity contribution in [1.82, 2.24) is 0 Å². The van der Waals surface area contributed by atoms with Gasteiger partial charge in [0.1, 0.15) is 11.5 Å². The van der Waals surface area contributed by atoms with E-state index in [4.69, 9.17) is 16.3 Å². The number of hydrogen-bond donors (Lipinski definition) is 1. The Kier molecular flexibility index (Phi) is 5.13. The van der Waals surface area contributed by atoms with Gasteiger partial charge in [-0.25, -0.2) is 0 Å². The number of phenolic OH excluding ortho intramolecular Hbond substituents is 1. The van der Waals surface area contributed by atoms with Crippen LogP contribution in [0.4, 0.5) is 0 Å². The van der Waals surface area contributed by atoms with Crippen LogP contribution in [0.3, 0.4) is 0 Å². The molecule has 1 aromatic carbocycles. The first kappa shape index (κ1) is 14.2. The molecule has 0 saturated heterocycles. The number of halogens is 1. The van der Waals surface area contributed by atoms with Crippen molar-refractivity contribution in [3.8, 4) is 11.5 Å². The molecule has 3 heteroatoms. The average Bonchev–Trinajstić information content (AvgIpc) is 2.33. The van der Waals surface area contributed by atoms with Crippen LogP contribution in [-0.2, 0) is 5.88 Å². The van der Waals surface area contributed by atoms with E-state index < -0.39 is 0 Å². The number of unbranched alkanes of at least 4 members (excludes halogenated alkanes) is 1. The lowest BCUT2D eigenvalue weighted by Gasteiger charge is -2.18. The molecule has 0 radical (unpaired) electrons. The summed E-state index contributed by atoms with van der Waals surface area (Å²) >= 11 is 5.96. The number of rotatable bonds is 5. The summed E-state index contributed by atoms with van der Waals surface area (Å²) in [7, 11) is 0. The quantitative estimate of drug-likeness (QED) is 0.631. The second-order valence-electron chi connectivity index (χ2n) is 4.37. The van der Waals surface area contributed by atoms with Gasteiger partial charge in [-0.3, -0.25) is 0 Å². The van der Waals surface area contributed by atoms with E-state index in [0.717, 1.165) is 40.8 Å². The Morgan fingerprint density at radius 2 is 1.76 bits per heavy atom. The SMILES string of the molecule is CCCCOc1c(C)c(C)c(O)c(C)c1CCl. The summed E-state index contributed by atoms with van der Waals surface area (Å²) in [5, 5.41) is 9.98. The lowest BCUT2D eigenvalue weighted by Crippen LogP contribution is -2.04. The van der Waals surface area contributed by atoms with Gasteiger partial charge >= 0.3 is 0 Å². The zero-order valence-electron chi connectivity index (χ0n) is 11.1. The highest BCUT2D eigenvalue weighted by Crippen LogP contribution is 2.37. The Bertz CT molecular complexity index is 400. The van der Waals surface area contributed by atoms with Crippen molar-refractivity contribution in [2.75, 3.05) is 6.61 Å². The summed E-state index contributed by atoms with van der Waals surface area (Å²) in [6, 6.07) is 0. The predicted molar refractivity (Wildman–Crippen MR) is 72.3 cm³/mol. The van der Waals surface area contributed by atoms with E-state index in [9.17, 15) is 5.11 Å². The van der Waals surface area contributed by atoms with Crippen molar-refractivity contribution >= 4 is 11.6 Å². The van der Waals surface area contributed by atoms with Crippen molar-refractivity contribution in [3.05, 3.63) is 22.3 Å². The first-order chi connectivity index (χ1) is 8.04. The Morgan fingerprint density at radius 1 is 1.12 bits per heavy atom. The van der Waals surface area contributed by atoms with Crippen molar-refractivity contribution in [2.45, 2.75) is 46.4 Å². The molecule has 0 aliphatic heterocycles. The minimum Gasteiger partial charge on any atom is -0.507 e. The van der Waals surface area contributed by atoms with Crippen LogP contribution in [0.25, 0.3) is 0 Å². The smallest absolute Gasteiger partial charge is 0.127 e. The summed E-state index contributed by atoms with van der Waals surface area (Å²) in [5.74, 6) is 1.55. The minimum absolute atomic E-state index is 0.334. The fourth-order valence-corrected chi connectivity index (χ4v) is 2.17. The Morgan fingerprint density at radius 3 is 2.29 bits per heavy atom. The van der Waals surface area contributed by atoms with Gasteiger partial charge in [-0.2, -0.15) is 0 Å². The molecule has 0 amide bonds. The van der Waals surface area contributed by atoms with E-state index in [0.29, 0.717) is 18.2 Å². The normalized spacial score (nSPS) is 10.6. The van der Waals surface area contributed by atoms with Crippen LogP contribution in [-0.4, -0.2) is 11.7 Å². The third-order valence-corrected chi connectivity index (χ3v) is 3.49. The lowest BCUT2D eigenvalue weighted by molar-refractivity contribution is 0.303. The van der Waals surface area contributed by atoms with Crippen molar-refractivity contribution in [2.24, 2.45) is 0 Å². The van der Waals surface area contributed by atoms with Crippen LogP contribution in [0, 0.1) is 20.8 Å². The first-order valence-electron chi connectivity index (χ1n) is 6.04. The molecule has 0 saturated carbocycles. The monoisotopic (exact) mass is 256 g/mol. The van der Waals surface area contributed by atoms with Crippen LogP contribution in [0.15, 0.2) is 0 Å². The molecule has 0 unspecified atom stereocenters. The molecular formula is C14H21ClO2. The Hall–Kier alpha value is -0.890. The molecule has 0 fully saturated rings. The van der Waals surface area contributed by atoms with Gasteiger partial charge in [0.05, 0.1) is 12.5 Å². The van der Waals surface area contributed by atoms with Gasteiger partial charge < -0.3 is 9.84 Å². The minimum atomic E-state index is 0.334. The van der Waals surface area contributed by atoms with Crippen LogP contribution in [0.5, 0.6) is 11.5 Å². The molecule has 0 aromatic heterocycles. The highest BCUT2D eigenvalue weighted by Gasteiger charge is 2.17. The Labute approximate surface area is 109 Å². The fraction of sp³-hybridized carbons (Fsp3) is 0.571. The van der Waals surface area contributed by atoms with Crippen LogP contribution in [0.1, 0.15) is 42.0 Å². The van der Waals surface area contributed by atoms with E-state index >= 15 is 0 Å². The number of benzene rings is 1. The molecule has 0 atom stereocenters. The molecule has 0 aliphatic carbocycles.